The summed E-state index contributed by atoms with van der Waals surface area (Å²) >= 11 is 0. The molecule has 0 saturated carbocycles. The van der Waals surface area contributed by atoms with Crippen LogP contribution >= 0.6 is 0 Å². The number of aliphatic carboxylic acids is 1. The highest BCUT2D eigenvalue weighted by molar-refractivity contribution is 7.94. The van der Waals surface area contributed by atoms with Crippen molar-refractivity contribution in [1.29, 1.82) is 0 Å². The van der Waals surface area contributed by atoms with Crippen molar-refractivity contribution >= 4 is 15.8 Å². The molecule has 0 amide bonds. The van der Waals surface area contributed by atoms with Crippen LogP contribution in [0.25, 0.3) is 0 Å². The zero-order valence-electron chi connectivity index (χ0n) is 18.5. The fourth-order valence-electron chi connectivity index (χ4n) is 3.03. The Kier molecular flexibility index (Phi) is 9.79. The average molecular weight is 428 g/mol. The maximum Gasteiger partial charge on any atom is 0.304 e. The molecule has 0 bridgehead atoms. The van der Waals surface area contributed by atoms with Gasteiger partial charge in [-0.15, -0.1) is 0 Å². The first-order valence-electron chi connectivity index (χ1n) is 9.20. The van der Waals surface area contributed by atoms with E-state index in [2.05, 4.69) is 13.2 Å². The summed E-state index contributed by atoms with van der Waals surface area (Å²) in [5, 5.41) is 9.40. The Morgan fingerprint density at radius 3 is 2.10 bits per heavy atom. The highest BCUT2D eigenvalue weighted by Gasteiger charge is 2.27. The van der Waals surface area contributed by atoms with Crippen molar-refractivity contribution in [1.82, 2.24) is 4.90 Å². The number of rotatable bonds is 10. The van der Waals surface area contributed by atoms with Crippen LogP contribution in [0.15, 0.2) is 59.0 Å². The molecule has 0 aromatic rings. The Bertz CT molecular complexity index is 841. The molecule has 0 radical (unpaired) electrons. The molecular weight excluding hydrogens is 393 g/mol. The minimum Gasteiger partial charge on any atom is -0.481 e. The van der Waals surface area contributed by atoms with Crippen LogP contribution in [-0.2, 0) is 14.6 Å². The molecule has 0 saturated heterocycles. The molecule has 0 heterocycles. The lowest BCUT2D eigenvalue weighted by atomic mass is 9.79. The molecule has 0 aromatic carbocycles. The van der Waals surface area contributed by atoms with Gasteiger partial charge in [0.05, 0.1) is 6.42 Å². The van der Waals surface area contributed by atoms with E-state index in [0.717, 1.165) is 18.4 Å². The summed E-state index contributed by atoms with van der Waals surface area (Å²) in [4.78, 5) is 13.2. The van der Waals surface area contributed by atoms with E-state index in [-0.39, 0.29) is 28.2 Å². The summed E-state index contributed by atoms with van der Waals surface area (Å²) in [6.07, 6.45) is 5.09. The zero-order valence-corrected chi connectivity index (χ0v) is 19.4. The van der Waals surface area contributed by atoms with E-state index in [0.29, 0.717) is 17.7 Å². The van der Waals surface area contributed by atoms with Crippen molar-refractivity contribution in [3.05, 3.63) is 59.0 Å². The predicted molar refractivity (Wildman–Crippen MR) is 118 cm³/mol. The third kappa shape index (κ3) is 9.74. The minimum absolute atomic E-state index is 0.0886. The molecule has 0 spiro atoms. The zero-order chi connectivity index (χ0) is 23.2. The van der Waals surface area contributed by atoms with E-state index in [9.17, 15) is 22.7 Å². The first-order valence-corrected chi connectivity index (χ1v) is 11.1. The average Bonchev–Trinajstić information content (AvgIpc) is 2.47. The third-order valence-corrected chi connectivity index (χ3v) is 5.50. The number of sulfone groups is 1. The van der Waals surface area contributed by atoms with Gasteiger partial charge in [-0.3, -0.25) is 4.79 Å². The molecule has 164 valence electrons. The second kappa shape index (κ2) is 10.6. The molecule has 29 heavy (non-hydrogen) atoms. The molecule has 0 aliphatic carbocycles. The van der Waals surface area contributed by atoms with Gasteiger partial charge < -0.3 is 10.0 Å². The lowest BCUT2D eigenvalue weighted by Crippen LogP contribution is -2.27. The van der Waals surface area contributed by atoms with Gasteiger partial charge in [-0.1, -0.05) is 40.0 Å². The molecule has 1 N–H and O–H groups in total. The summed E-state index contributed by atoms with van der Waals surface area (Å²) in [5.74, 6) is -2.03. The van der Waals surface area contributed by atoms with E-state index in [1.807, 2.05) is 20.8 Å². The van der Waals surface area contributed by atoms with Gasteiger partial charge in [0, 0.05) is 36.9 Å². The van der Waals surface area contributed by atoms with Crippen LogP contribution in [0.3, 0.4) is 0 Å². The van der Waals surface area contributed by atoms with Crippen molar-refractivity contribution in [2.45, 2.75) is 40.5 Å². The molecule has 5 nitrogen and oxygen atoms in total. The van der Waals surface area contributed by atoms with E-state index in [1.165, 1.54) is 13.0 Å². The predicted octanol–water partition coefficient (Wildman–Crippen LogP) is 4.87. The molecule has 0 unspecified atom stereocenters. The van der Waals surface area contributed by atoms with E-state index >= 15 is 0 Å². The highest BCUT2D eigenvalue weighted by atomic mass is 32.2. The maximum atomic E-state index is 14.4. The van der Waals surface area contributed by atoms with E-state index < -0.39 is 21.6 Å². The molecule has 0 aliphatic rings. The van der Waals surface area contributed by atoms with Crippen molar-refractivity contribution in [3.63, 3.8) is 0 Å². The Morgan fingerprint density at radius 1 is 1.24 bits per heavy atom. The lowest BCUT2D eigenvalue weighted by Gasteiger charge is -2.32. The monoisotopic (exact) mass is 427 g/mol. The largest absolute Gasteiger partial charge is 0.481 e. The van der Waals surface area contributed by atoms with Crippen LogP contribution < -0.4 is 0 Å². The number of carboxylic acids is 1. The second-order valence-corrected chi connectivity index (χ2v) is 10.7. The van der Waals surface area contributed by atoms with Gasteiger partial charge in [-0.2, -0.15) is 0 Å². The summed E-state index contributed by atoms with van der Waals surface area (Å²) < 4.78 is 37.4. The van der Waals surface area contributed by atoms with Crippen molar-refractivity contribution < 1.29 is 22.7 Å². The van der Waals surface area contributed by atoms with Crippen LogP contribution in [-0.4, -0.2) is 44.7 Å². The van der Waals surface area contributed by atoms with Crippen LogP contribution in [0.1, 0.15) is 40.5 Å². The quantitative estimate of drug-likeness (QED) is 0.503. The smallest absolute Gasteiger partial charge is 0.304 e. The molecule has 7 heteroatoms. The fourth-order valence-corrected chi connectivity index (χ4v) is 3.36. The summed E-state index contributed by atoms with van der Waals surface area (Å²) in [7, 11) is 0.0866. The van der Waals surface area contributed by atoms with Gasteiger partial charge in [0.15, 0.2) is 9.84 Å². The normalized spacial score (nSPS) is 15.4. The Hall–Kier alpha value is -2.15. The molecular formula is C22H34FNO4S. The first kappa shape index (κ1) is 26.9. The Morgan fingerprint density at radius 2 is 1.76 bits per heavy atom. The maximum absolute atomic E-state index is 14.4. The first-order chi connectivity index (χ1) is 13.0. The van der Waals surface area contributed by atoms with Gasteiger partial charge in [-0.25, -0.2) is 12.8 Å². The summed E-state index contributed by atoms with van der Waals surface area (Å²) in [6, 6.07) is 0. The number of hydrogen-bond donors (Lipinski definition) is 1. The highest BCUT2D eigenvalue weighted by Crippen LogP contribution is 2.35. The molecule has 1 atom stereocenters. The van der Waals surface area contributed by atoms with Crippen molar-refractivity contribution in [3.8, 4) is 0 Å². The summed E-state index contributed by atoms with van der Waals surface area (Å²) in [6.45, 7) is 15.1. The van der Waals surface area contributed by atoms with Crippen molar-refractivity contribution in [2.75, 3.05) is 20.4 Å². The number of halogens is 1. The van der Waals surface area contributed by atoms with E-state index in [4.69, 9.17) is 0 Å². The topological polar surface area (TPSA) is 74.7 Å². The lowest BCUT2D eigenvalue weighted by molar-refractivity contribution is -0.138. The molecule has 0 rings (SSSR count). The van der Waals surface area contributed by atoms with Crippen LogP contribution in [0.2, 0.25) is 0 Å². The number of nitrogens with zero attached hydrogens (tertiary/aromatic N) is 1. The minimum atomic E-state index is -3.49. The molecule has 0 aliphatic heterocycles. The Balaban J connectivity index is 6.40. The van der Waals surface area contributed by atoms with Gasteiger partial charge in [0.25, 0.3) is 0 Å². The Labute approximate surface area is 174 Å². The fraction of sp³-hybridized carbons (Fsp3) is 0.500. The molecule has 0 aromatic heterocycles. The van der Waals surface area contributed by atoms with Crippen molar-refractivity contribution in [2.24, 2.45) is 11.3 Å². The number of hydrogen-bond acceptors (Lipinski definition) is 4. The van der Waals surface area contributed by atoms with Crippen LogP contribution in [0, 0.1) is 11.3 Å². The van der Waals surface area contributed by atoms with Crippen LogP contribution in [0.4, 0.5) is 4.39 Å². The van der Waals surface area contributed by atoms with Gasteiger partial charge in [0.1, 0.15) is 5.83 Å². The van der Waals surface area contributed by atoms with E-state index in [1.54, 1.807) is 19.0 Å². The van der Waals surface area contributed by atoms with Gasteiger partial charge in [-0.05, 0) is 42.1 Å². The molecule has 0 fully saturated rings. The number of carbonyl (C=O) groups is 1. The third-order valence-electron chi connectivity index (χ3n) is 4.21. The SMILES string of the molecule is C=C/C(C(=C)/C=C(F)\C=C(/C)S(C)(=O)=O)=C(\[C@@H](CC(=O)O)CC(C)(C)C)N(C)C. The second-order valence-electron chi connectivity index (χ2n) is 8.54. The van der Waals surface area contributed by atoms with Gasteiger partial charge >= 0.3 is 5.97 Å². The summed E-state index contributed by atoms with van der Waals surface area (Å²) in [5.41, 5.74) is 1.36. The van der Waals surface area contributed by atoms with Crippen LogP contribution in [0.5, 0.6) is 0 Å². The number of allylic oxidation sites excluding steroid dienone is 8. The van der Waals surface area contributed by atoms with Gasteiger partial charge in [0.2, 0.25) is 0 Å². The standard InChI is InChI=1S/C22H34FNO4S/c1-10-19(15(2)11-18(23)12-16(3)29(9,27)28)21(24(7)8)17(13-20(25)26)14-22(4,5)6/h10-12,17H,1-2,13-14H2,3-9H3,(H,25,26)/b16-12+,18-11+,21-19-/t17-/m0/s1. The number of carboxylic acid groups (broad SMARTS) is 1.